The van der Waals surface area contributed by atoms with Crippen LogP contribution in [0.5, 0.6) is 17.2 Å². The maximum absolute atomic E-state index is 12.9. The summed E-state index contributed by atoms with van der Waals surface area (Å²) in [5.41, 5.74) is 1.84. The van der Waals surface area contributed by atoms with Gasteiger partial charge in [0.2, 0.25) is 0 Å². The molecule has 1 N–H and O–H groups in total. The molecule has 2 aromatic carbocycles. The quantitative estimate of drug-likeness (QED) is 0.737. The van der Waals surface area contributed by atoms with Gasteiger partial charge >= 0.3 is 0 Å². The minimum atomic E-state index is -0.620. The average Bonchev–Trinajstić information content (AvgIpc) is 2.66. The number of hydrogen-bond acceptors (Lipinski definition) is 4. The molecule has 0 bridgehead atoms. The lowest BCUT2D eigenvalue weighted by atomic mass is 9.87. The highest BCUT2D eigenvalue weighted by molar-refractivity contribution is 5.81. The second kappa shape index (κ2) is 8.21. The van der Waals surface area contributed by atoms with Crippen molar-refractivity contribution in [3.05, 3.63) is 53.6 Å². The van der Waals surface area contributed by atoms with E-state index in [-0.39, 0.29) is 23.0 Å². The zero-order valence-electron chi connectivity index (χ0n) is 19.0. The number of amides is 1. The maximum atomic E-state index is 12.9. The zero-order valence-corrected chi connectivity index (χ0v) is 19.0. The van der Waals surface area contributed by atoms with Gasteiger partial charge in [-0.15, -0.1) is 0 Å². The summed E-state index contributed by atoms with van der Waals surface area (Å²) < 4.78 is 17.3. The summed E-state index contributed by atoms with van der Waals surface area (Å²) in [6.45, 7) is 12.3. The predicted molar refractivity (Wildman–Crippen MR) is 118 cm³/mol. The van der Waals surface area contributed by atoms with Gasteiger partial charge in [0.25, 0.3) is 5.91 Å². The van der Waals surface area contributed by atoms with Gasteiger partial charge in [0, 0.05) is 12.0 Å². The normalized spacial score (nSPS) is 18.6. The van der Waals surface area contributed by atoms with Gasteiger partial charge in [-0.05, 0) is 62.1 Å². The van der Waals surface area contributed by atoms with Crippen LogP contribution in [0.25, 0.3) is 0 Å². The summed E-state index contributed by atoms with van der Waals surface area (Å²) in [5.74, 6) is 2.02. The van der Waals surface area contributed by atoms with Gasteiger partial charge in [0.15, 0.2) is 6.10 Å². The third-order valence-corrected chi connectivity index (χ3v) is 5.39. The van der Waals surface area contributed by atoms with Crippen LogP contribution in [0.2, 0.25) is 0 Å². The van der Waals surface area contributed by atoms with Crippen molar-refractivity contribution in [3.8, 4) is 17.2 Å². The fraction of sp³-hybridized carbons (Fsp3) is 0.480. The van der Waals surface area contributed by atoms with Crippen molar-refractivity contribution in [1.82, 2.24) is 5.32 Å². The van der Waals surface area contributed by atoms with Crippen LogP contribution in [-0.2, 0) is 10.2 Å². The molecule has 162 valence electrons. The van der Waals surface area contributed by atoms with Crippen molar-refractivity contribution < 1.29 is 19.0 Å². The molecule has 1 aliphatic rings. The number of rotatable bonds is 5. The molecule has 5 nitrogen and oxygen atoms in total. The molecule has 0 saturated heterocycles. The number of benzene rings is 2. The van der Waals surface area contributed by atoms with Gasteiger partial charge < -0.3 is 19.5 Å². The second-order valence-corrected chi connectivity index (χ2v) is 9.57. The average molecular weight is 412 g/mol. The van der Waals surface area contributed by atoms with Gasteiger partial charge in [-0.1, -0.05) is 32.9 Å². The number of carbonyl (C=O) groups is 1. The molecule has 1 aliphatic heterocycles. The van der Waals surface area contributed by atoms with E-state index in [2.05, 4.69) is 26.1 Å². The van der Waals surface area contributed by atoms with E-state index < -0.39 is 6.10 Å². The molecule has 2 atom stereocenters. The first-order valence-electron chi connectivity index (χ1n) is 10.4. The Kier molecular flexibility index (Phi) is 6.02. The molecule has 0 aliphatic carbocycles. The first-order valence-corrected chi connectivity index (χ1v) is 10.4. The molecule has 0 spiro atoms. The molecule has 0 saturated carbocycles. The molecule has 0 unspecified atom stereocenters. The molecule has 30 heavy (non-hydrogen) atoms. The predicted octanol–water partition coefficient (Wildman–Crippen LogP) is 5.18. The Labute approximate surface area is 179 Å². The molecule has 1 heterocycles. The van der Waals surface area contributed by atoms with Crippen LogP contribution in [0.1, 0.15) is 65.1 Å². The maximum Gasteiger partial charge on any atom is 0.261 e. The Morgan fingerprint density at radius 1 is 1.13 bits per heavy atom. The monoisotopic (exact) mass is 411 g/mol. The van der Waals surface area contributed by atoms with Crippen molar-refractivity contribution in [3.63, 3.8) is 0 Å². The molecule has 0 aromatic heterocycles. The Balaban J connectivity index is 1.72. The van der Waals surface area contributed by atoms with Crippen molar-refractivity contribution in [2.75, 3.05) is 7.11 Å². The van der Waals surface area contributed by atoms with Crippen LogP contribution < -0.4 is 19.5 Å². The fourth-order valence-corrected chi connectivity index (χ4v) is 3.67. The molecular formula is C25H33NO4. The summed E-state index contributed by atoms with van der Waals surface area (Å²) >= 11 is 0. The SMILES string of the molecule is COc1ccc2c(c1)[C@H](NC(=O)[C@H](C)Oc1ccc(C(C)(C)C)cc1)CC(C)(C)O2. The molecule has 5 heteroatoms. The van der Waals surface area contributed by atoms with Crippen LogP contribution in [0, 0.1) is 0 Å². The minimum absolute atomic E-state index is 0.0752. The Morgan fingerprint density at radius 2 is 1.77 bits per heavy atom. The van der Waals surface area contributed by atoms with E-state index in [1.54, 1.807) is 14.0 Å². The van der Waals surface area contributed by atoms with E-state index in [0.717, 1.165) is 17.1 Å². The third kappa shape index (κ3) is 5.07. The van der Waals surface area contributed by atoms with E-state index in [1.807, 2.05) is 56.3 Å². The Morgan fingerprint density at radius 3 is 2.37 bits per heavy atom. The number of hydrogen-bond donors (Lipinski definition) is 1. The van der Waals surface area contributed by atoms with Crippen molar-refractivity contribution >= 4 is 5.91 Å². The number of nitrogens with one attached hydrogen (secondary N) is 1. The summed E-state index contributed by atoms with van der Waals surface area (Å²) in [5, 5.41) is 3.14. The van der Waals surface area contributed by atoms with Crippen molar-refractivity contribution in [1.29, 1.82) is 0 Å². The first kappa shape index (κ1) is 22.0. The lowest BCUT2D eigenvalue weighted by Crippen LogP contribution is -2.44. The van der Waals surface area contributed by atoms with E-state index in [0.29, 0.717) is 12.2 Å². The van der Waals surface area contributed by atoms with Crippen LogP contribution in [-0.4, -0.2) is 24.7 Å². The smallest absolute Gasteiger partial charge is 0.261 e. The van der Waals surface area contributed by atoms with E-state index in [9.17, 15) is 4.79 Å². The van der Waals surface area contributed by atoms with E-state index >= 15 is 0 Å². The van der Waals surface area contributed by atoms with Crippen molar-refractivity contribution in [2.45, 2.75) is 71.1 Å². The summed E-state index contributed by atoms with van der Waals surface area (Å²) in [6.07, 6.45) is 0.0387. The second-order valence-electron chi connectivity index (χ2n) is 9.57. The zero-order chi connectivity index (χ0) is 22.1. The minimum Gasteiger partial charge on any atom is -0.497 e. The topological polar surface area (TPSA) is 56.8 Å². The molecule has 0 fully saturated rings. The van der Waals surface area contributed by atoms with Gasteiger partial charge in [-0.3, -0.25) is 4.79 Å². The summed E-state index contributed by atoms with van der Waals surface area (Å²) in [7, 11) is 1.63. The Bertz CT molecular complexity index is 896. The molecule has 1 amide bonds. The highest BCUT2D eigenvalue weighted by Gasteiger charge is 2.35. The lowest BCUT2D eigenvalue weighted by molar-refractivity contribution is -0.128. The number of methoxy groups -OCH3 is 1. The molecular weight excluding hydrogens is 378 g/mol. The third-order valence-electron chi connectivity index (χ3n) is 5.39. The first-order chi connectivity index (χ1) is 14.0. The molecule has 2 aromatic rings. The highest BCUT2D eigenvalue weighted by atomic mass is 16.5. The van der Waals surface area contributed by atoms with Crippen LogP contribution >= 0.6 is 0 Å². The number of fused-ring (bicyclic) bond motifs is 1. The molecule has 0 radical (unpaired) electrons. The largest absolute Gasteiger partial charge is 0.497 e. The van der Waals surface area contributed by atoms with E-state index in [4.69, 9.17) is 14.2 Å². The standard InChI is InChI=1S/C25H33NO4/c1-16(29-18-10-8-17(9-11-18)24(2,3)4)23(27)26-21-15-25(5,6)30-22-13-12-19(28-7)14-20(21)22/h8-14,16,21H,15H2,1-7H3,(H,26,27)/t16-,21+/m0/s1. The van der Waals surface area contributed by atoms with Crippen LogP contribution in [0.15, 0.2) is 42.5 Å². The van der Waals surface area contributed by atoms with E-state index in [1.165, 1.54) is 5.56 Å². The number of carbonyl (C=O) groups excluding carboxylic acids is 1. The van der Waals surface area contributed by atoms with Crippen LogP contribution in [0.4, 0.5) is 0 Å². The van der Waals surface area contributed by atoms with Gasteiger partial charge in [0.1, 0.15) is 22.8 Å². The fourth-order valence-electron chi connectivity index (χ4n) is 3.67. The lowest BCUT2D eigenvalue weighted by Gasteiger charge is -2.38. The summed E-state index contributed by atoms with van der Waals surface area (Å²) in [4.78, 5) is 12.9. The molecule has 3 rings (SSSR count). The van der Waals surface area contributed by atoms with Gasteiger partial charge in [0.05, 0.1) is 13.2 Å². The Hall–Kier alpha value is -2.69. The summed E-state index contributed by atoms with van der Waals surface area (Å²) in [6, 6.07) is 13.4. The van der Waals surface area contributed by atoms with Crippen LogP contribution in [0.3, 0.4) is 0 Å². The van der Waals surface area contributed by atoms with Gasteiger partial charge in [-0.2, -0.15) is 0 Å². The number of ether oxygens (including phenoxy) is 3. The van der Waals surface area contributed by atoms with Crippen molar-refractivity contribution in [2.24, 2.45) is 0 Å². The van der Waals surface area contributed by atoms with Gasteiger partial charge in [-0.25, -0.2) is 0 Å². The highest BCUT2D eigenvalue weighted by Crippen LogP contribution is 2.41.